The topological polar surface area (TPSA) is 32.3 Å². The predicted molar refractivity (Wildman–Crippen MR) is 80.3 cm³/mol. The Balaban J connectivity index is 1.80. The van der Waals surface area contributed by atoms with Gasteiger partial charge >= 0.3 is 0 Å². The first-order valence-corrected chi connectivity index (χ1v) is 7.74. The molecule has 0 amide bonds. The maximum absolute atomic E-state index is 9.32. The first kappa shape index (κ1) is 14.4. The van der Waals surface area contributed by atoms with Gasteiger partial charge in [0, 0.05) is 12.1 Å². The molecule has 1 unspecified atom stereocenters. The lowest BCUT2D eigenvalue weighted by Crippen LogP contribution is -2.35. The van der Waals surface area contributed by atoms with Gasteiger partial charge in [-0.25, -0.2) is 0 Å². The maximum atomic E-state index is 9.32. The van der Waals surface area contributed by atoms with Gasteiger partial charge in [0.1, 0.15) is 5.75 Å². The van der Waals surface area contributed by atoms with Crippen LogP contribution in [0.15, 0.2) is 24.3 Å². The van der Waals surface area contributed by atoms with Crippen LogP contribution >= 0.6 is 0 Å². The van der Waals surface area contributed by atoms with E-state index in [0.29, 0.717) is 17.8 Å². The van der Waals surface area contributed by atoms with E-state index < -0.39 is 0 Å². The molecule has 2 nitrogen and oxygen atoms in total. The zero-order valence-corrected chi connectivity index (χ0v) is 12.2. The van der Waals surface area contributed by atoms with Crippen molar-refractivity contribution in [1.29, 1.82) is 0 Å². The van der Waals surface area contributed by atoms with Crippen molar-refractivity contribution in [1.82, 2.24) is 5.32 Å². The van der Waals surface area contributed by atoms with Crippen LogP contribution in [0.5, 0.6) is 5.75 Å². The van der Waals surface area contributed by atoms with Gasteiger partial charge in [0.25, 0.3) is 0 Å². The van der Waals surface area contributed by atoms with Gasteiger partial charge in [0.2, 0.25) is 0 Å². The van der Waals surface area contributed by atoms with Crippen LogP contribution in [0.4, 0.5) is 0 Å². The number of benzene rings is 1. The molecule has 106 valence electrons. The van der Waals surface area contributed by atoms with Crippen LogP contribution in [-0.2, 0) is 0 Å². The summed E-state index contributed by atoms with van der Waals surface area (Å²) in [6.07, 6.45) is 8.12. The molecule has 0 aromatic heterocycles. The van der Waals surface area contributed by atoms with Crippen molar-refractivity contribution in [3.8, 4) is 5.75 Å². The average Bonchev–Trinajstić information content (AvgIpc) is 2.42. The summed E-state index contributed by atoms with van der Waals surface area (Å²) in [5.74, 6) is 1.31. The van der Waals surface area contributed by atoms with E-state index in [4.69, 9.17) is 0 Å². The molecule has 1 aromatic carbocycles. The number of rotatable bonds is 5. The molecule has 1 saturated carbocycles. The summed E-state index contributed by atoms with van der Waals surface area (Å²) < 4.78 is 0. The van der Waals surface area contributed by atoms with Crippen molar-refractivity contribution in [2.75, 3.05) is 0 Å². The van der Waals surface area contributed by atoms with E-state index in [-0.39, 0.29) is 0 Å². The van der Waals surface area contributed by atoms with Gasteiger partial charge in [-0.05, 0) is 56.2 Å². The molecule has 0 heterocycles. The van der Waals surface area contributed by atoms with Gasteiger partial charge < -0.3 is 10.4 Å². The highest BCUT2D eigenvalue weighted by molar-refractivity contribution is 5.27. The third-order valence-corrected chi connectivity index (χ3v) is 4.42. The van der Waals surface area contributed by atoms with E-state index in [1.54, 1.807) is 12.1 Å². The molecule has 1 aliphatic carbocycles. The SMILES string of the molecule is CCCC1CCC(NC(C)c2ccc(O)cc2)CC1. The Morgan fingerprint density at radius 3 is 2.37 bits per heavy atom. The van der Waals surface area contributed by atoms with Crippen LogP contribution in [0, 0.1) is 5.92 Å². The molecule has 1 aliphatic rings. The predicted octanol–water partition coefficient (Wildman–Crippen LogP) is 4.40. The van der Waals surface area contributed by atoms with Gasteiger partial charge in [-0.1, -0.05) is 31.9 Å². The van der Waals surface area contributed by atoms with E-state index in [0.717, 1.165) is 5.92 Å². The Labute approximate surface area is 117 Å². The van der Waals surface area contributed by atoms with Crippen LogP contribution in [0.25, 0.3) is 0 Å². The molecule has 1 atom stereocenters. The lowest BCUT2D eigenvalue weighted by atomic mass is 9.83. The van der Waals surface area contributed by atoms with Crippen molar-refractivity contribution < 1.29 is 5.11 Å². The van der Waals surface area contributed by atoms with Crippen molar-refractivity contribution >= 4 is 0 Å². The summed E-state index contributed by atoms with van der Waals surface area (Å²) in [6.45, 7) is 4.50. The maximum Gasteiger partial charge on any atom is 0.115 e. The summed E-state index contributed by atoms with van der Waals surface area (Å²) in [6, 6.07) is 8.59. The van der Waals surface area contributed by atoms with Crippen LogP contribution in [0.3, 0.4) is 0 Å². The first-order chi connectivity index (χ1) is 9.19. The summed E-state index contributed by atoms with van der Waals surface area (Å²) in [4.78, 5) is 0. The number of phenolic OH excluding ortho intramolecular Hbond substituents is 1. The summed E-state index contributed by atoms with van der Waals surface area (Å²) in [5.41, 5.74) is 1.26. The molecular weight excluding hydrogens is 234 g/mol. The molecule has 1 aromatic rings. The molecule has 1 fully saturated rings. The second-order valence-corrected chi connectivity index (χ2v) is 5.99. The number of phenols is 1. The zero-order valence-electron chi connectivity index (χ0n) is 12.2. The lowest BCUT2D eigenvalue weighted by molar-refractivity contribution is 0.266. The Bertz CT molecular complexity index is 365. The van der Waals surface area contributed by atoms with Gasteiger partial charge in [-0.15, -0.1) is 0 Å². The van der Waals surface area contributed by atoms with Crippen LogP contribution in [0.1, 0.15) is 64.0 Å². The van der Waals surface area contributed by atoms with Crippen molar-refractivity contribution in [3.05, 3.63) is 29.8 Å². The molecule has 2 rings (SSSR count). The van der Waals surface area contributed by atoms with Crippen molar-refractivity contribution in [3.63, 3.8) is 0 Å². The fraction of sp³-hybridized carbons (Fsp3) is 0.647. The molecule has 2 N–H and O–H groups in total. The normalized spacial score (nSPS) is 25.2. The number of nitrogens with one attached hydrogen (secondary N) is 1. The molecule has 19 heavy (non-hydrogen) atoms. The Hall–Kier alpha value is -1.02. The molecule has 0 bridgehead atoms. The van der Waals surface area contributed by atoms with Crippen LogP contribution in [-0.4, -0.2) is 11.1 Å². The van der Waals surface area contributed by atoms with Gasteiger partial charge in [-0.3, -0.25) is 0 Å². The highest BCUT2D eigenvalue weighted by atomic mass is 16.3. The smallest absolute Gasteiger partial charge is 0.115 e. The van der Waals surface area contributed by atoms with Crippen molar-refractivity contribution in [2.24, 2.45) is 5.92 Å². The highest BCUT2D eigenvalue weighted by Gasteiger charge is 2.21. The second kappa shape index (κ2) is 6.95. The van der Waals surface area contributed by atoms with Crippen LogP contribution < -0.4 is 5.32 Å². The lowest BCUT2D eigenvalue weighted by Gasteiger charge is -2.31. The van der Waals surface area contributed by atoms with E-state index in [1.807, 2.05) is 12.1 Å². The zero-order chi connectivity index (χ0) is 13.7. The molecule has 0 radical (unpaired) electrons. The van der Waals surface area contributed by atoms with E-state index in [2.05, 4.69) is 19.2 Å². The Morgan fingerprint density at radius 2 is 1.79 bits per heavy atom. The minimum atomic E-state index is 0.344. The molecule has 0 aliphatic heterocycles. The van der Waals surface area contributed by atoms with Crippen LogP contribution in [0.2, 0.25) is 0 Å². The monoisotopic (exact) mass is 261 g/mol. The molecule has 2 heteroatoms. The minimum Gasteiger partial charge on any atom is -0.508 e. The molecule has 0 spiro atoms. The van der Waals surface area contributed by atoms with E-state index >= 15 is 0 Å². The fourth-order valence-corrected chi connectivity index (χ4v) is 3.24. The van der Waals surface area contributed by atoms with E-state index in [9.17, 15) is 5.11 Å². The Morgan fingerprint density at radius 1 is 1.16 bits per heavy atom. The largest absolute Gasteiger partial charge is 0.508 e. The molecule has 0 saturated heterocycles. The molecular formula is C17H27NO. The number of hydrogen-bond acceptors (Lipinski definition) is 2. The third kappa shape index (κ3) is 4.24. The van der Waals surface area contributed by atoms with Crippen molar-refractivity contribution in [2.45, 2.75) is 64.5 Å². The summed E-state index contributed by atoms with van der Waals surface area (Å²) >= 11 is 0. The summed E-state index contributed by atoms with van der Waals surface area (Å²) in [5, 5.41) is 13.1. The third-order valence-electron chi connectivity index (χ3n) is 4.42. The van der Waals surface area contributed by atoms with Gasteiger partial charge in [-0.2, -0.15) is 0 Å². The number of hydrogen-bond donors (Lipinski definition) is 2. The van der Waals surface area contributed by atoms with Gasteiger partial charge in [0.15, 0.2) is 0 Å². The minimum absolute atomic E-state index is 0.344. The van der Waals surface area contributed by atoms with Gasteiger partial charge in [0.05, 0.1) is 0 Å². The quantitative estimate of drug-likeness (QED) is 0.823. The fourth-order valence-electron chi connectivity index (χ4n) is 3.24. The number of aromatic hydroxyl groups is 1. The van der Waals surface area contributed by atoms with E-state index in [1.165, 1.54) is 44.1 Å². The Kier molecular flexibility index (Phi) is 5.26. The standard InChI is InChI=1S/C17H27NO/c1-3-4-14-5-9-16(10-6-14)18-13(2)15-7-11-17(19)12-8-15/h7-8,11-14,16,18-19H,3-6,9-10H2,1-2H3. The average molecular weight is 261 g/mol. The summed E-state index contributed by atoms with van der Waals surface area (Å²) in [7, 11) is 0. The first-order valence-electron chi connectivity index (χ1n) is 7.74. The highest BCUT2D eigenvalue weighted by Crippen LogP contribution is 2.29. The second-order valence-electron chi connectivity index (χ2n) is 5.99.